The van der Waals surface area contributed by atoms with Crippen LogP contribution in [0.4, 0.5) is 19.0 Å². The highest BCUT2D eigenvalue weighted by Crippen LogP contribution is 2.33. The number of aliphatic hydroxyl groups is 1. The lowest BCUT2D eigenvalue weighted by molar-refractivity contribution is -0.137. The van der Waals surface area contributed by atoms with Crippen molar-refractivity contribution in [1.29, 1.82) is 0 Å². The molecular weight excluding hydrogens is 311 g/mol. The monoisotopic (exact) mass is 321 g/mol. The first-order valence-corrected chi connectivity index (χ1v) is 6.14. The average Bonchev–Trinajstić information content (AvgIpc) is 2.82. The number of rotatable bonds is 4. The van der Waals surface area contributed by atoms with Crippen LogP contribution < -0.4 is 5.32 Å². The molecule has 1 unspecified atom stereocenters. The van der Waals surface area contributed by atoms with Gasteiger partial charge in [0, 0.05) is 13.2 Å². The molecule has 0 aromatic carbocycles. The summed E-state index contributed by atoms with van der Waals surface area (Å²) in [6, 6.07) is 0.0707. The highest BCUT2D eigenvalue weighted by Gasteiger charge is 2.31. The first-order valence-electron chi connectivity index (χ1n) is 5.77. The molecule has 0 aliphatic heterocycles. The molecule has 0 aliphatic rings. The van der Waals surface area contributed by atoms with Crippen molar-refractivity contribution in [2.75, 3.05) is 11.9 Å². The Bertz CT molecular complexity index is 631. The maximum atomic E-state index is 12.5. The maximum absolute atomic E-state index is 12.5. The lowest BCUT2D eigenvalue weighted by Crippen LogP contribution is -2.20. The summed E-state index contributed by atoms with van der Waals surface area (Å²) in [5, 5.41) is 19.4. The molecule has 114 valence electrons. The van der Waals surface area contributed by atoms with Gasteiger partial charge in [-0.25, -0.2) is 4.98 Å². The summed E-state index contributed by atoms with van der Waals surface area (Å²) in [7, 11) is 1.67. The summed E-state index contributed by atoms with van der Waals surface area (Å²) in [5.74, 6) is 0.419. The number of hydrogen-bond acceptors (Lipinski definition) is 5. The van der Waals surface area contributed by atoms with Crippen LogP contribution >= 0.6 is 11.6 Å². The number of nitrogens with zero attached hydrogens (tertiary/aromatic N) is 4. The van der Waals surface area contributed by atoms with Crippen LogP contribution in [0.25, 0.3) is 0 Å². The van der Waals surface area contributed by atoms with E-state index >= 15 is 0 Å². The summed E-state index contributed by atoms with van der Waals surface area (Å²) >= 11 is 5.79. The molecule has 21 heavy (non-hydrogen) atoms. The van der Waals surface area contributed by atoms with Crippen molar-refractivity contribution in [3.05, 3.63) is 35.0 Å². The van der Waals surface area contributed by atoms with Gasteiger partial charge < -0.3 is 15.0 Å². The van der Waals surface area contributed by atoms with E-state index in [4.69, 9.17) is 11.6 Å². The van der Waals surface area contributed by atoms with Gasteiger partial charge in [0.2, 0.25) is 0 Å². The highest BCUT2D eigenvalue weighted by atomic mass is 35.5. The molecule has 0 spiro atoms. The molecule has 10 heteroatoms. The van der Waals surface area contributed by atoms with Crippen LogP contribution in [-0.2, 0) is 13.2 Å². The number of alkyl halides is 3. The lowest BCUT2D eigenvalue weighted by Gasteiger charge is -2.17. The second kappa shape index (κ2) is 5.86. The molecule has 0 radical (unpaired) electrons. The summed E-state index contributed by atoms with van der Waals surface area (Å²) in [6.07, 6.45) is -2.42. The van der Waals surface area contributed by atoms with Gasteiger partial charge in [0.15, 0.2) is 5.82 Å². The van der Waals surface area contributed by atoms with Gasteiger partial charge in [-0.05, 0) is 6.07 Å². The van der Waals surface area contributed by atoms with Crippen molar-refractivity contribution in [2.45, 2.75) is 12.2 Å². The van der Waals surface area contributed by atoms with Gasteiger partial charge >= 0.3 is 6.18 Å². The molecule has 0 fully saturated rings. The average molecular weight is 322 g/mol. The molecule has 2 aromatic heterocycles. The van der Waals surface area contributed by atoms with Gasteiger partial charge in [0.25, 0.3) is 0 Å². The molecule has 6 nitrogen and oxygen atoms in total. The smallest absolute Gasteiger partial charge is 0.394 e. The highest BCUT2D eigenvalue weighted by molar-refractivity contribution is 6.33. The number of aromatic nitrogens is 4. The van der Waals surface area contributed by atoms with Crippen LogP contribution in [0.2, 0.25) is 5.02 Å². The Morgan fingerprint density at radius 2 is 2.19 bits per heavy atom. The molecule has 0 saturated carbocycles. The molecule has 0 amide bonds. The van der Waals surface area contributed by atoms with Crippen molar-refractivity contribution in [1.82, 2.24) is 19.7 Å². The van der Waals surface area contributed by atoms with Crippen LogP contribution in [-0.4, -0.2) is 31.5 Å². The molecule has 0 saturated heterocycles. The largest absolute Gasteiger partial charge is 0.417 e. The zero-order valence-corrected chi connectivity index (χ0v) is 11.5. The van der Waals surface area contributed by atoms with E-state index in [0.29, 0.717) is 12.0 Å². The number of anilines is 1. The fourth-order valence-electron chi connectivity index (χ4n) is 1.66. The Labute approximate surface area is 122 Å². The second-order valence-electron chi connectivity index (χ2n) is 4.23. The van der Waals surface area contributed by atoms with E-state index in [1.807, 2.05) is 0 Å². The van der Waals surface area contributed by atoms with Crippen molar-refractivity contribution in [3.8, 4) is 0 Å². The second-order valence-corrected chi connectivity index (χ2v) is 4.64. The topological polar surface area (TPSA) is 75.9 Å². The first kappa shape index (κ1) is 15.5. The minimum atomic E-state index is -4.52. The number of nitrogens with one attached hydrogen (secondary N) is 1. The predicted molar refractivity (Wildman–Crippen MR) is 68.7 cm³/mol. The van der Waals surface area contributed by atoms with E-state index < -0.39 is 17.8 Å². The molecule has 2 N–H and O–H groups in total. The van der Waals surface area contributed by atoms with E-state index in [1.165, 1.54) is 6.33 Å². The van der Waals surface area contributed by atoms with Gasteiger partial charge in [-0.15, -0.1) is 10.2 Å². The molecule has 2 heterocycles. The Hall–Kier alpha value is -1.87. The molecule has 2 aromatic rings. The quantitative estimate of drug-likeness (QED) is 0.901. The fraction of sp³-hybridized carbons (Fsp3) is 0.364. The van der Waals surface area contributed by atoms with E-state index in [-0.39, 0.29) is 17.4 Å². The zero-order chi connectivity index (χ0) is 15.6. The minimum Gasteiger partial charge on any atom is -0.394 e. The Morgan fingerprint density at radius 1 is 1.48 bits per heavy atom. The van der Waals surface area contributed by atoms with Crippen LogP contribution in [0.1, 0.15) is 17.4 Å². The maximum Gasteiger partial charge on any atom is 0.417 e. The van der Waals surface area contributed by atoms with E-state index in [9.17, 15) is 18.3 Å². The van der Waals surface area contributed by atoms with Crippen molar-refractivity contribution in [2.24, 2.45) is 7.05 Å². The molecule has 1 atom stereocenters. The van der Waals surface area contributed by atoms with Crippen molar-refractivity contribution in [3.63, 3.8) is 0 Å². The zero-order valence-electron chi connectivity index (χ0n) is 10.8. The number of aryl methyl sites for hydroxylation is 1. The number of halogens is 4. The third kappa shape index (κ3) is 3.42. The molecule has 0 aliphatic carbocycles. The van der Waals surface area contributed by atoms with Crippen molar-refractivity contribution < 1.29 is 18.3 Å². The van der Waals surface area contributed by atoms with Crippen molar-refractivity contribution >= 4 is 17.4 Å². The Morgan fingerprint density at radius 3 is 2.67 bits per heavy atom. The van der Waals surface area contributed by atoms with E-state index in [0.717, 1.165) is 6.07 Å². The molecule has 0 bridgehead atoms. The summed E-state index contributed by atoms with van der Waals surface area (Å²) < 4.78 is 39.1. The van der Waals surface area contributed by atoms with E-state index in [1.54, 1.807) is 11.6 Å². The van der Waals surface area contributed by atoms with Gasteiger partial charge in [-0.1, -0.05) is 11.6 Å². The number of hydrogen-bond donors (Lipinski definition) is 2. The van der Waals surface area contributed by atoms with Crippen LogP contribution in [0, 0.1) is 0 Å². The van der Waals surface area contributed by atoms with Crippen LogP contribution in [0.15, 0.2) is 18.6 Å². The predicted octanol–water partition coefficient (Wildman–Crippen LogP) is 2.03. The third-order valence-corrected chi connectivity index (χ3v) is 3.01. The molecule has 2 rings (SSSR count). The number of pyridine rings is 1. The Kier molecular flexibility index (Phi) is 4.33. The third-order valence-electron chi connectivity index (χ3n) is 2.72. The number of aliphatic hydroxyl groups excluding tert-OH is 1. The van der Waals surface area contributed by atoms with Gasteiger partial charge in [0.05, 0.1) is 17.2 Å². The summed E-state index contributed by atoms with van der Waals surface area (Å²) in [4.78, 5) is 3.64. The van der Waals surface area contributed by atoms with Crippen LogP contribution in [0.5, 0.6) is 0 Å². The normalized spacial score (nSPS) is 13.2. The lowest BCUT2D eigenvalue weighted by atomic mass is 10.2. The summed E-state index contributed by atoms with van der Waals surface area (Å²) in [6.45, 7) is -0.356. The van der Waals surface area contributed by atoms with E-state index in [2.05, 4.69) is 20.5 Å². The summed E-state index contributed by atoms with van der Waals surface area (Å²) in [5.41, 5.74) is -0.947. The standard InChI is InChI=1S/C11H11ClF3N5O/c1-20-5-17-19-10(20)8(4-21)18-9-7(12)2-6(3-16-9)11(13,14)15/h2-3,5,8,21H,4H2,1H3,(H,16,18). The van der Waals surface area contributed by atoms with Crippen LogP contribution in [0.3, 0.4) is 0 Å². The minimum absolute atomic E-state index is 0.0201. The Balaban J connectivity index is 2.25. The molecular formula is C11H11ClF3N5O. The SMILES string of the molecule is Cn1cnnc1C(CO)Nc1ncc(C(F)(F)F)cc1Cl. The van der Waals surface area contributed by atoms with Gasteiger partial charge in [-0.3, -0.25) is 0 Å². The van der Waals surface area contributed by atoms with Gasteiger partial charge in [0.1, 0.15) is 18.2 Å². The van der Waals surface area contributed by atoms with Gasteiger partial charge in [-0.2, -0.15) is 13.2 Å². The fourth-order valence-corrected chi connectivity index (χ4v) is 1.88. The first-order chi connectivity index (χ1) is 9.82.